The monoisotopic (exact) mass is 121 g/mol. The van der Waals surface area contributed by atoms with Gasteiger partial charge in [0.05, 0.1) is 6.04 Å². The summed E-state index contributed by atoms with van der Waals surface area (Å²) in [5, 5.41) is 0. The number of nitrogens with two attached hydrogens (primary N) is 1. The van der Waals surface area contributed by atoms with E-state index in [0.717, 1.165) is 0 Å². The van der Waals surface area contributed by atoms with Gasteiger partial charge in [-0.25, -0.2) is 4.74 Å². The number of hydrogen-bond donors (Lipinski definition) is 2. The molecule has 0 aromatic carbocycles. The number of hydrogen-bond acceptors (Lipinski definition) is 1. The zero-order valence-corrected chi connectivity index (χ0v) is 5.39. The molecule has 0 aliphatic carbocycles. The van der Waals surface area contributed by atoms with E-state index in [1.807, 2.05) is 13.8 Å². The van der Waals surface area contributed by atoms with E-state index in [0.29, 0.717) is 0 Å². The van der Waals surface area contributed by atoms with Crippen LogP contribution >= 0.6 is 8.09 Å². The second kappa shape index (κ2) is 3.08. The fourth-order valence-corrected chi connectivity index (χ4v) is 0.710. The van der Waals surface area contributed by atoms with E-state index in [4.69, 9.17) is 10.4 Å². The van der Waals surface area contributed by atoms with E-state index < -0.39 is 8.09 Å². The van der Waals surface area contributed by atoms with Gasteiger partial charge in [-0.05, 0) is 13.8 Å². The zero-order chi connectivity index (χ0) is 5.86. The highest BCUT2D eigenvalue weighted by Gasteiger charge is 1.84. The fourth-order valence-electron chi connectivity index (χ4n) is 0.237. The minimum Gasteiger partial charge on any atom is -0.324 e. The third-order valence-corrected chi connectivity index (χ3v) is 1.05. The summed E-state index contributed by atoms with van der Waals surface area (Å²) in [5.41, 5.74) is 4.95. The highest BCUT2D eigenvalue weighted by Crippen LogP contribution is 2.07. The predicted octanol–water partition coefficient (Wildman–Crippen LogP) is 0.841. The van der Waals surface area contributed by atoms with Crippen LogP contribution in [0.5, 0.6) is 0 Å². The third-order valence-electron chi connectivity index (χ3n) is 0.349. The summed E-state index contributed by atoms with van der Waals surface area (Å²) in [6, 6.07) is 0.154. The lowest BCUT2D eigenvalue weighted by molar-refractivity contribution is 0.628. The number of rotatable bonds is 1. The maximum absolute atomic E-state index is 8.40. The molecule has 3 N–H and O–H groups in total. The molecule has 43 valence electrons. The van der Waals surface area contributed by atoms with Crippen molar-refractivity contribution in [2.75, 3.05) is 0 Å². The Morgan fingerprint density at radius 3 is 2.14 bits per heavy atom. The summed E-state index contributed by atoms with van der Waals surface area (Å²) >= 11 is 0. The molecule has 0 saturated carbocycles. The van der Waals surface area contributed by atoms with Crippen molar-refractivity contribution in [1.82, 2.24) is 0 Å². The molecule has 0 rings (SSSR count). The molecule has 1 atom stereocenters. The van der Waals surface area contributed by atoms with Crippen molar-refractivity contribution in [1.29, 1.82) is 0 Å². The van der Waals surface area contributed by atoms with Gasteiger partial charge in [-0.2, -0.15) is 0 Å². The van der Waals surface area contributed by atoms with Crippen LogP contribution in [0.2, 0.25) is 0 Å². The highest BCUT2D eigenvalue weighted by molar-refractivity contribution is 7.37. The van der Waals surface area contributed by atoms with E-state index in [9.17, 15) is 0 Å². The van der Waals surface area contributed by atoms with Crippen LogP contribution < -0.4 is 5.50 Å². The molecule has 4 heteroatoms. The van der Waals surface area contributed by atoms with Crippen molar-refractivity contribution in [2.24, 2.45) is 10.2 Å². The average Bonchev–Trinajstić information content (AvgIpc) is 1.27. The van der Waals surface area contributed by atoms with Gasteiger partial charge in [-0.3, -0.25) is 5.50 Å². The molecule has 3 nitrogen and oxygen atoms in total. The number of nitrogens with zero attached hydrogens (tertiary/aromatic N) is 1. The standard InChI is InChI=1S/C3H10N2OP/c1-3(2)5-7(4)6/h3H,1-2H3,(H3,4,5,6). The predicted molar refractivity (Wildman–Crippen MR) is 30.9 cm³/mol. The first kappa shape index (κ1) is 7.02. The summed E-state index contributed by atoms with van der Waals surface area (Å²) in [6.45, 7) is 3.75. The van der Waals surface area contributed by atoms with Gasteiger partial charge >= 0.3 is 0 Å². The van der Waals surface area contributed by atoms with E-state index in [1.165, 1.54) is 0 Å². The van der Waals surface area contributed by atoms with Crippen molar-refractivity contribution in [3.8, 4) is 0 Å². The van der Waals surface area contributed by atoms with Gasteiger partial charge in [0, 0.05) is 0 Å². The molecule has 7 heavy (non-hydrogen) atoms. The van der Waals surface area contributed by atoms with E-state index in [-0.39, 0.29) is 6.04 Å². The molecule has 0 aromatic rings. The van der Waals surface area contributed by atoms with Crippen LogP contribution in [0.1, 0.15) is 13.8 Å². The summed E-state index contributed by atoms with van der Waals surface area (Å²) in [7, 11) is -1.51. The van der Waals surface area contributed by atoms with Gasteiger partial charge in [-0.15, -0.1) is 0 Å². The second-order valence-electron chi connectivity index (χ2n) is 1.53. The van der Waals surface area contributed by atoms with Crippen LogP contribution in [0.15, 0.2) is 4.74 Å². The summed E-state index contributed by atoms with van der Waals surface area (Å²) in [5.74, 6) is 0. The Morgan fingerprint density at radius 2 is 2.14 bits per heavy atom. The molecule has 1 unspecified atom stereocenters. The lowest BCUT2D eigenvalue weighted by Crippen LogP contribution is -1.86. The van der Waals surface area contributed by atoms with E-state index >= 15 is 0 Å². The third kappa shape index (κ3) is 6.02. The van der Waals surface area contributed by atoms with Gasteiger partial charge in [0.15, 0.2) is 8.09 Å². The molecule has 0 amide bonds. The molecular weight excluding hydrogens is 111 g/mol. The van der Waals surface area contributed by atoms with Crippen molar-refractivity contribution >= 4 is 8.09 Å². The molecule has 1 radical (unpaired) electrons. The quantitative estimate of drug-likeness (QED) is 0.505. The topological polar surface area (TPSA) is 58.6 Å². The van der Waals surface area contributed by atoms with Gasteiger partial charge in [0.1, 0.15) is 0 Å². The van der Waals surface area contributed by atoms with Crippen molar-refractivity contribution in [3.05, 3.63) is 0 Å². The largest absolute Gasteiger partial charge is 0.324 e. The Hall–Kier alpha value is 0.0200. The average molecular weight is 121 g/mol. The maximum Gasteiger partial charge on any atom is 0.153 e. The molecule has 0 aromatic heterocycles. The molecule has 0 bridgehead atoms. The van der Waals surface area contributed by atoms with Gasteiger partial charge in [0.25, 0.3) is 0 Å². The van der Waals surface area contributed by atoms with Crippen LogP contribution in [-0.2, 0) is 0 Å². The van der Waals surface area contributed by atoms with E-state index in [2.05, 4.69) is 4.74 Å². The van der Waals surface area contributed by atoms with Crippen LogP contribution in [0, 0.1) is 0 Å². The Balaban J connectivity index is 3.45. The van der Waals surface area contributed by atoms with Gasteiger partial charge < -0.3 is 4.89 Å². The fraction of sp³-hybridized carbons (Fsp3) is 1.00. The Bertz CT molecular complexity index is 77.0. The lowest BCUT2D eigenvalue weighted by atomic mass is 10.4. The Labute approximate surface area is 44.2 Å². The molecule has 0 heterocycles. The Kier molecular flexibility index (Phi) is 3.09. The van der Waals surface area contributed by atoms with Gasteiger partial charge in [0.2, 0.25) is 0 Å². The molecule has 0 fully saturated rings. The minimum atomic E-state index is -1.51. The highest BCUT2D eigenvalue weighted by atomic mass is 31.1. The SMILES string of the molecule is CC(C)/N=[P](\N)O. The van der Waals surface area contributed by atoms with Crippen LogP contribution in [0.3, 0.4) is 0 Å². The normalized spacial score (nSPS) is 13.0. The van der Waals surface area contributed by atoms with Gasteiger partial charge in [-0.1, -0.05) is 0 Å². The van der Waals surface area contributed by atoms with E-state index in [1.54, 1.807) is 0 Å². The van der Waals surface area contributed by atoms with Crippen LogP contribution in [0.25, 0.3) is 0 Å². The lowest BCUT2D eigenvalue weighted by Gasteiger charge is -1.92. The summed E-state index contributed by atoms with van der Waals surface area (Å²) in [4.78, 5) is 8.40. The molecule has 0 aliphatic rings. The minimum absolute atomic E-state index is 0.154. The molecular formula is C3H10N2OP. The summed E-state index contributed by atoms with van der Waals surface area (Å²) in [6.07, 6.45) is 0. The zero-order valence-electron chi connectivity index (χ0n) is 4.50. The Morgan fingerprint density at radius 1 is 1.71 bits per heavy atom. The molecule has 0 spiro atoms. The van der Waals surface area contributed by atoms with Crippen molar-refractivity contribution < 1.29 is 4.89 Å². The molecule has 0 saturated heterocycles. The first-order valence-electron chi connectivity index (χ1n) is 2.07. The first-order chi connectivity index (χ1) is 3.13. The summed E-state index contributed by atoms with van der Waals surface area (Å²) < 4.78 is 3.68. The van der Waals surface area contributed by atoms with Crippen molar-refractivity contribution in [3.63, 3.8) is 0 Å². The smallest absolute Gasteiger partial charge is 0.153 e. The van der Waals surface area contributed by atoms with Crippen LogP contribution in [-0.4, -0.2) is 10.9 Å². The maximum atomic E-state index is 8.40. The van der Waals surface area contributed by atoms with Crippen LogP contribution in [0.4, 0.5) is 0 Å². The first-order valence-corrected chi connectivity index (χ1v) is 3.39. The van der Waals surface area contributed by atoms with Crippen molar-refractivity contribution in [2.45, 2.75) is 19.9 Å². The molecule has 0 aliphatic heterocycles. The second-order valence-corrected chi connectivity index (χ2v) is 2.40.